The van der Waals surface area contributed by atoms with Crippen LogP contribution in [-0.4, -0.2) is 5.12 Å². The summed E-state index contributed by atoms with van der Waals surface area (Å²) in [7, 11) is 0. The summed E-state index contributed by atoms with van der Waals surface area (Å²) < 4.78 is 0. The van der Waals surface area contributed by atoms with Crippen LogP contribution in [0.15, 0.2) is 0 Å². The first-order valence-electron chi connectivity index (χ1n) is 8.99. The molecule has 0 fully saturated rings. The minimum Gasteiger partial charge on any atom is -0.288 e. The summed E-state index contributed by atoms with van der Waals surface area (Å²) in [6.07, 6.45) is 21.1. The molecule has 0 radical (unpaired) electrons. The minimum absolute atomic E-state index is 0. The first-order valence-corrected chi connectivity index (χ1v) is 9.44. The Morgan fingerprint density at radius 3 is 1.19 bits per heavy atom. The topological polar surface area (TPSA) is 17.1 Å². The van der Waals surface area contributed by atoms with Crippen molar-refractivity contribution in [1.82, 2.24) is 0 Å². The van der Waals surface area contributed by atoms with E-state index in [0.29, 0.717) is 6.42 Å². The Hall–Kier alpha value is 0.514. The molecule has 1 nitrogen and oxygen atoms in total. The number of carbonyl (C=O) groups is 1. The van der Waals surface area contributed by atoms with Crippen LogP contribution in [0.25, 0.3) is 0 Å². The van der Waals surface area contributed by atoms with E-state index in [2.05, 4.69) is 19.6 Å². The molecule has 0 unspecified atom stereocenters. The molecular formula is C18H36NiOS. The number of rotatable bonds is 16. The molecular weight excluding hydrogens is 323 g/mol. The van der Waals surface area contributed by atoms with E-state index in [-0.39, 0.29) is 21.6 Å². The van der Waals surface area contributed by atoms with E-state index in [1.807, 2.05) is 0 Å². The second-order valence-corrected chi connectivity index (χ2v) is 6.59. The van der Waals surface area contributed by atoms with Crippen LogP contribution in [0.1, 0.15) is 110 Å². The van der Waals surface area contributed by atoms with Gasteiger partial charge in [-0.2, -0.15) is 0 Å². The van der Waals surface area contributed by atoms with Crippen molar-refractivity contribution in [3.05, 3.63) is 0 Å². The van der Waals surface area contributed by atoms with Gasteiger partial charge in [0.05, 0.1) is 0 Å². The van der Waals surface area contributed by atoms with Crippen LogP contribution in [0.4, 0.5) is 0 Å². The molecule has 0 rings (SSSR count). The Morgan fingerprint density at radius 1 is 0.619 bits per heavy atom. The van der Waals surface area contributed by atoms with Gasteiger partial charge in [-0.15, -0.1) is 12.6 Å². The first kappa shape index (κ1) is 23.8. The van der Waals surface area contributed by atoms with Crippen molar-refractivity contribution in [2.75, 3.05) is 0 Å². The van der Waals surface area contributed by atoms with E-state index in [0.717, 1.165) is 6.42 Å². The number of carbonyl (C=O) groups excluding carboxylic acids is 1. The Labute approximate surface area is 148 Å². The molecule has 0 saturated heterocycles. The zero-order valence-corrected chi connectivity index (χ0v) is 15.9. The normalized spacial score (nSPS) is 10.4. The van der Waals surface area contributed by atoms with Crippen LogP contribution in [0.2, 0.25) is 0 Å². The van der Waals surface area contributed by atoms with Crippen molar-refractivity contribution >= 4 is 17.7 Å². The molecule has 0 aromatic heterocycles. The van der Waals surface area contributed by atoms with Gasteiger partial charge in [0.2, 0.25) is 0 Å². The summed E-state index contributed by atoms with van der Waals surface area (Å²) >= 11 is 3.78. The zero-order valence-electron chi connectivity index (χ0n) is 14.0. The fraction of sp³-hybridized carbons (Fsp3) is 0.944. The van der Waals surface area contributed by atoms with Gasteiger partial charge in [-0.1, -0.05) is 96.8 Å². The molecule has 0 aliphatic heterocycles. The summed E-state index contributed by atoms with van der Waals surface area (Å²) in [5.41, 5.74) is 0. The summed E-state index contributed by atoms with van der Waals surface area (Å²) in [5, 5.41) is 0.0414. The van der Waals surface area contributed by atoms with Gasteiger partial charge in [0.1, 0.15) is 0 Å². The molecule has 3 heteroatoms. The van der Waals surface area contributed by atoms with E-state index in [1.165, 1.54) is 89.9 Å². The van der Waals surface area contributed by atoms with Gasteiger partial charge < -0.3 is 0 Å². The molecule has 0 aromatic rings. The number of thiol groups is 1. The predicted octanol–water partition coefficient (Wildman–Crippen LogP) is 6.70. The molecule has 0 amide bonds. The van der Waals surface area contributed by atoms with Gasteiger partial charge in [-0.25, -0.2) is 0 Å². The second-order valence-electron chi connectivity index (χ2n) is 6.09. The van der Waals surface area contributed by atoms with Crippen molar-refractivity contribution in [1.29, 1.82) is 0 Å². The zero-order chi connectivity index (χ0) is 14.9. The average molecular weight is 359 g/mol. The average Bonchev–Trinajstić information content (AvgIpc) is 2.43. The number of hydrogen-bond donors (Lipinski definition) is 1. The maximum absolute atomic E-state index is 10.6. The third-order valence-corrected chi connectivity index (χ3v) is 4.22. The van der Waals surface area contributed by atoms with Gasteiger partial charge in [-0.05, 0) is 6.42 Å². The third-order valence-electron chi connectivity index (χ3n) is 3.99. The molecule has 0 heterocycles. The molecule has 0 saturated carbocycles. The van der Waals surface area contributed by atoms with E-state index in [1.54, 1.807) is 0 Å². The van der Waals surface area contributed by atoms with Crippen LogP contribution in [0.3, 0.4) is 0 Å². The van der Waals surface area contributed by atoms with E-state index in [9.17, 15) is 4.79 Å². The Balaban J connectivity index is 0. The number of hydrogen-bond acceptors (Lipinski definition) is 1. The molecule has 0 atom stereocenters. The molecule has 0 aliphatic rings. The van der Waals surface area contributed by atoms with Gasteiger partial charge in [0.25, 0.3) is 0 Å². The second kappa shape index (κ2) is 20.5. The van der Waals surface area contributed by atoms with Crippen LogP contribution in [-0.2, 0) is 21.3 Å². The molecule has 130 valence electrons. The maximum atomic E-state index is 10.6. The Kier molecular flexibility index (Phi) is 23.2. The fourth-order valence-corrected chi connectivity index (χ4v) is 2.81. The van der Waals surface area contributed by atoms with E-state index >= 15 is 0 Å². The van der Waals surface area contributed by atoms with Crippen molar-refractivity contribution in [3.63, 3.8) is 0 Å². The molecule has 21 heavy (non-hydrogen) atoms. The predicted molar refractivity (Wildman–Crippen MR) is 93.5 cm³/mol. The fourth-order valence-electron chi connectivity index (χ4n) is 2.65. The van der Waals surface area contributed by atoms with Crippen molar-refractivity contribution in [2.24, 2.45) is 0 Å². The van der Waals surface area contributed by atoms with E-state index < -0.39 is 0 Å². The van der Waals surface area contributed by atoms with Crippen molar-refractivity contribution in [2.45, 2.75) is 110 Å². The smallest absolute Gasteiger partial charge is 0.185 e. The van der Waals surface area contributed by atoms with Crippen LogP contribution < -0.4 is 0 Å². The Bertz CT molecular complexity index is 209. The van der Waals surface area contributed by atoms with Gasteiger partial charge in [0.15, 0.2) is 5.12 Å². The SMILES string of the molecule is CCCCCCCCCCCCCCCCCC(=O)S.[Ni]. The monoisotopic (exact) mass is 358 g/mol. The van der Waals surface area contributed by atoms with Gasteiger partial charge in [0, 0.05) is 22.9 Å². The third kappa shape index (κ3) is 22.9. The Morgan fingerprint density at radius 2 is 0.905 bits per heavy atom. The summed E-state index contributed by atoms with van der Waals surface area (Å²) in [4.78, 5) is 10.6. The van der Waals surface area contributed by atoms with Crippen LogP contribution >= 0.6 is 12.6 Å². The van der Waals surface area contributed by atoms with Gasteiger partial charge in [-0.3, -0.25) is 4.79 Å². The van der Waals surface area contributed by atoms with Gasteiger partial charge >= 0.3 is 0 Å². The minimum atomic E-state index is 0. The van der Waals surface area contributed by atoms with Crippen molar-refractivity contribution < 1.29 is 21.3 Å². The molecule has 0 spiro atoms. The quantitative estimate of drug-likeness (QED) is 0.184. The summed E-state index contributed by atoms with van der Waals surface area (Å²) in [6, 6.07) is 0. The van der Waals surface area contributed by atoms with Crippen molar-refractivity contribution in [3.8, 4) is 0 Å². The largest absolute Gasteiger partial charge is 0.288 e. The first-order chi connectivity index (χ1) is 9.77. The summed E-state index contributed by atoms with van der Waals surface area (Å²) in [6.45, 7) is 2.28. The molecule has 0 aromatic carbocycles. The standard InChI is InChI=1S/C18H36OS.Ni/c1-2-3-4-5-6-7-8-9-10-11-12-13-14-15-16-17-18(19)20;/h2-17H2,1H3,(H,19,20);. The molecule has 0 aliphatic carbocycles. The molecule has 0 bridgehead atoms. The maximum Gasteiger partial charge on any atom is 0.185 e. The number of unbranched alkanes of at least 4 members (excludes halogenated alkanes) is 14. The molecule has 0 N–H and O–H groups in total. The van der Waals surface area contributed by atoms with Crippen LogP contribution in [0.5, 0.6) is 0 Å². The summed E-state index contributed by atoms with van der Waals surface area (Å²) in [5.74, 6) is 0. The van der Waals surface area contributed by atoms with Crippen LogP contribution in [0, 0.1) is 0 Å². The van der Waals surface area contributed by atoms with E-state index in [4.69, 9.17) is 0 Å².